The average Bonchev–Trinajstić information content (AvgIpc) is 3.33. The van der Waals surface area contributed by atoms with Crippen molar-refractivity contribution in [2.24, 2.45) is 0 Å². The Morgan fingerprint density at radius 1 is 0.784 bits per heavy atom. The van der Waals surface area contributed by atoms with Crippen molar-refractivity contribution in [3.05, 3.63) is 91.3 Å². The van der Waals surface area contributed by atoms with Gasteiger partial charge in [0, 0.05) is 40.0 Å². The summed E-state index contributed by atoms with van der Waals surface area (Å²) in [6.07, 6.45) is 9.17. The SMILES string of the molecule is CCCCCCn1cc(-c2cc(-c3ccc(OC)cc3)c3c(cnc4ccccc43)n2)c2ccccc21. The van der Waals surface area contributed by atoms with Gasteiger partial charge in [0.2, 0.25) is 0 Å². The largest absolute Gasteiger partial charge is 0.497 e. The van der Waals surface area contributed by atoms with Crippen molar-refractivity contribution in [1.82, 2.24) is 14.5 Å². The molecule has 3 aromatic carbocycles. The summed E-state index contributed by atoms with van der Waals surface area (Å²) in [7, 11) is 1.70. The van der Waals surface area contributed by atoms with Crippen molar-refractivity contribution in [3.8, 4) is 28.1 Å². The first-order valence-electron chi connectivity index (χ1n) is 13.2. The first-order valence-corrected chi connectivity index (χ1v) is 13.2. The van der Waals surface area contributed by atoms with Gasteiger partial charge in [-0.05, 0) is 47.9 Å². The number of hydrogen-bond acceptors (Lipinski definition) is 3. The third-order valence-corrected chi connectivity index (χ3v) is 7.26. The number of aryl methyl sites for hydroxylation is 1. The molecule has 0 saturated carbocycles. The molecule has 184 valence electrons. The van der Waals surface area contributed by atoms with Crippen LogP contribution < -0.4 is 4.74 Å². The van der Waals surface area contributed by atoms with Crippen LogP contribution in [0.1, 0.15) is 32.6 Å². The summed E-state index contributed by atoms with van der Waals surface area (Å²) in [4.78, 5) is 9.93. The zero-order valence-corrected chi connectivity index (χ0v) is 21.4. The van der Waals surface area contributed by atoms with Crippen molar-refractivity contribution in [1.29, 1.82) is 0 Å². The molecule has 0 spiro atoms. The highest BCUT2D eigenvalue weighted by Gasteiger charge is 2.17. The standard InChI is InChI=1S/C33H31N3O/c1-3-4-5-10-19-36-22-28(25-11-7-9-14-32(25)36)30-20-27(23-15-17-24(37-2)18-16-23)33-26-12-6-8-13-29(26)34-21-31(33)35-30/h6-9,11-18,20-22H,3-5,10,19H2,1-2H3. The third-order valence-electron chi connectivity index (χ3n) is 7.26. The summed E-state index contributed by atoms with van der Waals surface area (Å²) in [5.41, 5.74) is 7.56. The van der Waals surface area contributed by atoms with Crippen molar-refractivity contribution in [2.45, 2.75) is 39.2 Å². The van der Waals surface area contributed by atoms with E-state index in [4.69, 9.17) is 14.7 Å². The lowest BCUT2D eigenvalue weighted by atomic mass is 9.96. The van der Waals surface area contributed by atoms with Crippen molar-refractivity contribution in [2.75, 3.05) is 7.11 Å². The normalized spacial score (nSPS) is 11.5. The summed E-state index contributed by atoms with van der Waals surface area (Å²) >= 11 is 0. The smallest absolute Gasteiger partial charge is 0.118 e. The number of nitrogens with zero attached hydrogens (tertiary/aromatic N) is 3. The van der Waals surface area contributed by atoms with E-state index in [0.717, 1.165) is 56.5 Å². The van der Waals surface area contributed by atoms with E-state index in [-0.39, 0.29) is 0 Å². The van der Waals surface area contributed by atoms with Gasteiger partial charge in [0.05, 0.1) is 30.0 Å². The molecule has 6 aromatic rings. The number of unbranched alkanes of at least 4 members (excludes halogenated alkanes) is 3. The van der Waals surface area contributed by atoms with Crippen LogP contribution in [0.3, 0.4) is 0 Å². The maximum atomic E-state index is 5.43. The van der Waals surface area contributed by atoms with Crippen molar-refractivity contribution in [3.63, 3.8) is 0 Å². The number of pyridine rings is 2. The number of hydrogen-bond donors (Lipinski definition) is 0. The second-order valence-electron chi connectivity index (χ2n) is 9.63. The number of fused-ring (bicyclic) bond motifs is 4. The fraction of sp³-hybridized carbons (Fsp3) is 0.212. The fourth-order valence-electron chi connectivity index (χ4n) is 5.35. The molecule has 4 heteroatoms. The molecule has 0 atom stereocenters. The lowest BCUT2D eigenvalue weighted by Crippen LogP contribution is -1.96. The van der Waals surface area contributed by atoms with Crippen LogP contribution in [0, 0.1) is 0 Å². The number of para-hydroxylation sites is 2. The summed E-state index contributed by atoms with van der Waals surface area (Å²) in [5.74, 6) is 0.847. The molecule has 3 aromatic heterocycles. The van der Waals surface area contributed by atoms with Crippen LogP contribution >= 0.6 is 0 Å². The molecule has 0 unspecified atom stereocenters. The summed E-state index contributed by atoms with van der Waals surface area (Å²) in [5, 5.41) is 3.48. The van der Waals surface area contributed by atoms with Crippen LogP contribution in [-0.2, 0) is 6.54 Å². The van der Waals surface area contributed by atoms with Gasteiger partial charge in [-0.3, -0.25) is 4.98 Å². The number of methoxy groups -OCH3 is 1. The highest BCUT2D eigenvalue weighted by atomic mass is 16.5. The van der Waals surface area contributed by atoms with Crippen LogP contribution in [0.25, 0.3) is 55.1 Å². The Bertz CT molecular complexity index is 1700. The molecule has 0 aliphatic carbocycles. The topological polar surface area (TPSA) is 39.9 Å². The van der Waals surface area contributed by atoms with Gasteiger partial charge in [0.15, 0.2) is 0 Å². The Hall–Kier alpha value is -4.18. The number of ether oxygens (including phenoxy) is 1. The van der Waals surface area contributed by atoms with Gasteiger partial charge >= 0.3 is 0 Å². The van der Waals surface area contributed by atoms with Gasteiger partial charge < -0.3 is 9.30 Å². The van der Waals surface area contributed by atoms with Crippen LogP contribution in [0.5, 0.6) is 5.75 Å². The van der Waals surface area contributed by atoms with Gasteiger partial charge in [0.1, 0.15) is 5.75 Å². The second-order valence-corrected chi connectivity index (χ2v) is 9.63. The molecular formula is C33H31N3O. The molecule has 4 nitrogen and oxygen atoms in total. The molecule has 37 heavy (non-hydrogen) atoms. The van der Waals surface area contributed by atoms with E-state index in [0.29, 0.717) is 0 Å². The number of benzene rings is 3. The molecule has 0 amide bonds. The average molecular weight is 486 g/mol. The van der Waals surface area contributed by atoms with E-state index in [1.807, 2.05) is 24.4 Å². The van der Waals surface area contributed by atoms with Crippen LogP contribution in [0.4, 0.5) is 0 Å². The summed E-state index contributed by atoms with van der Waals surface area (Å²) < 4.78 is 7.83. The minimum atomic E-state index is 0.847. The zero-order valence-electron chi connectivity index (χ0n) is 21.4. The van der Waals surface area contributed by atoms with E-state index < -0.39 is 0 Å². The van der Waals surface area contributed by atoms with E-state index in [1.165, 1.54) is 36.6 Å². The van der Waals surface area contributed by atoms with E-state index in [2.05, 4.69) is 78.4 Å². The molecule has 0 aliphatic heterocycles. The van der Waals surface area contributed by atoms with Crippen LogP contribution in [0.2, 0.25) is 0 Å². The Balaban J connectivity index is 1.57. The predicted molar refractivity (Wildman–Crippen MR) is 154 cm³/mol. The molecule has 0 fully saturated rings. The molecule has 6 rings (SSSR count). The first kappa shape index (κ1) is 23.2. The minimum Gasteiger partial charge on any atom is -0.497 e. The summed E-state index contributed by atoms with van der Waals surface area (Å²) in [6, 6.07) is 27.5. The fourth-order valence-corrected chi connectivity index (χ4v) is 5.35. The molecule has 0 saturated heterocycles. The van der Waals surface area contributed by atoms with Crippen LogP contribution in [-0.4, -0.2) is 21.6 Å². The number of rotatable bonds is 8. The maximum absolute atomic E-state index is 5.43. The highest BCUT2D eigenvalue weighted by molar-refractivity contribution is 6.13. The predicted octanol–water partition coefficient (Wildman–Crippen LogP) is 8.66. The van der Waals surface area contributed by atoms with Gasteiger partial charge in [-0.2, -0.15) is 0 Å². The lowest BCUT2D eigenvalue weighted by molar-refractivity contribution is 0.415. The van der Waals surface area contributed by atoms with Crippen molar-refractivity contribution >= 4 is 32.7 Å². The molecule has 3 heterocycles. The Morgan fingerprint density at radius 2 is 1.57 bits per heavy atom. The van der Waals surface area contributed by atoms with Gasteiger partial charge in [-0.25, -0.2) is 4.98 Å². The highest BCUT2D eigenvalue weighted by Crippen LogP contribution is 2.38. The lowest BCUT2D eigenvalue weighted by Gasteiger charge is -2.13. The van der Waals surface area contributed by atoms with E-state index >= 15 is 0 Å². The van der Waals surface area contributed by atoms with Crippen molar-refractivity contribution < 1.29 is 4.74 Å². The summed E-state index contributed by atoms with van der Waals surface area (Å²) in [6.45, 7) is 3.28. The van der Waals surface area contributed by atoms with Gasteiger partial charge in [-0.1, -0.05) is 74.7 Å². The van der Waals surface area contributed by atoms with E-state index in [9.17, 15) is 0 Å². The first-order chi connectivity index (χ1) is 18.3. The third kappa shape index (κ3) is 4.33. The molecule has 0 aliphatic rings. The molecule has 0 N–H and O–H groups in total. The zero-order chi connectivity index (χ0) is 25.2. The van der Waals surface area contributed by atoms with Gasteiger partial charge in [-0.15, -0.1) is 0 Å². The molecular weight excluding hydrogens is 454 g/mol. The minimum absolute atomic E-state index is 0.847. The number of aromatic nitrogens is 3. The Morgan fingerprint density at radius 3 is 2.38 bits per heavy atom. The van der Waals surface area contributed by atoms with E-state index in [1.54, 1.807) is 7.11 Å². The quantitative estimate of drug-likeness (QED) is 0.160. The molecule has 0 radical (unpaired) electrons. The maximum Gasteiger partial charge on any atom is 0.118 e. The van der Waals surface area contributed by atoms with Gasteiger partial charge in [0.25, 0.3) is 0 Å². The van der Waals surface area contributed by atoms with Crippen LogP contribution in [0.15, 0.2) is 91.3 Å². The molecule has 0 bridgehead atoms. The Labute approximate surface area is 217 Å². The second kappa shape index (κ2) is 10.1. The Kier molecular flexibility index (Phi) is 6.32. The monoisotopic (exact) mass is 485 g/mol.